The average molecular weight is 286 g/mol. The van der Waals surface area contributed by atoms with E-state index in [0.29, 0.717) is 6.42 Å². The Bertz CT molecular complexity index is 632. The number of hydrogen-bond donors (Lipinski definition) is 2. The number of aliphatic carboxylic acids is 1. The van der Waals surface area contributed by atoms with Crippen LogP contribution in [0.4, 0.5) is 0 Å². The molecule has 0 aliphatic carbocycles. The minimum absolute atomic E-state index is 0.172. The van der Waals surface area contributed by atoms with Gasteiger partial charge in [0.05, 0.1) is 13.0 Å². The standard InChI is InChI=1S/C17H18O4/c1-11-9-13(5-8-16(11)21-2)15(17(19)20)10-12-3-6-14(18)7-4-12/h3-9,15,18H,10H2,1-2H3,(H,19,20). The number of carbonyl (C=O) groups is 1. The molecule has 0 amide bonds. The molecular formula is C17H18O4. The van der Waals surface area contributed by atoms with Gasteiger partial charge >= 0.3 is 5.97 Å². The maximum atomic E-state index is 11.6. The zero-order valence-corrected chi connectivity index (χ0v) is 12.0. The summed E-state index contributed by atoms with van der Waals surface area (Å²) in [6, 6.07) is 12.0. The van der Waals surface area contributed by atoms with E-state index in [9.17, 15) is 15.0 Å². The molecule has 21 heavy (non-hydrogen) atoms. The Balaban J connectivity index is 2.28. The van der Waals surface area contributed by atoms with Crippen LogP contribution in [0.5, 0.6) is 11.5 Å². The number of aromatic hydroxyl groups is 1. The van der Waals surface area contributed by atoms with E-state index < -0.39 is 11.9 Å². The lowest BCUT2D eigenvalue weighted by atomic mass is 9.91. The molecule has 2 aromatic carbocycles. The van der Waals surface area contributed by atoms with Crippen LogP contribution < -0.4 is 4.74 Å². The van der Waals surface area contributed by atoms with Crippen molar-refractivity contribution in [2.45, 2.75) is 19.3 Å². The van der Waals surface area contributed by atoms with Crippen molar-refractivity contribution in [3.8, 4) is 11.5 Å². The normalized spacial score (nSPS) is 11.9. The third-order valence-corrected chi connectivity index (χ3v) is 3.50. The third kappa shape index (κ3) is 3.54. The molecule has 4 nitrogen and oxygen atoms in total. The number of methoxy groups -OCH3 is 1. The molecule has 0 saturated carbocycles. The number of rotatable bonds is 5. The summed E-state index contributed by atoms with van der Waals surface area (Å²) in [5.41, 5.74) is 2.52. The Kier molecular flexibility index (Phi) is 4.48. The lowest BCUT2D eigenvalue weighted by Crippen LogP contribution is -2.14. The van der Waals surface area contributed by atoms with Gasteiger partial charge in [0.15, 0.2) is 0 Å². The number of aryl methyl sites for hydroxylation is 1. The van der Waals surface area contributed by atoms with Gasteiger partial charge in [-0.25, -0.2) is 0 Å². The topological polar surface area (TPSA) is 66.8 Å². The van der Waals surface area contributed by atoms with Crippen LogP contribution >= 0.6 is 0 Å². The number of carboxylic acid groups (broad SMARTS) is 1. The Hall–Kier alpha value is -2.49. The fraction of sp³-hybridized carbons (Fsp3) is 0.235. The number of phenols is 1. The molecular weight excluding hydrogens is 268 g/mol. The number of hydrogen-bond acceptors (Lipinski definition) is 3. The molecule has 0 spiro atoms. The van der Waals surface area contributed by atoms with Gasteiger partial charge in [-0.2, -0.15) is 0 Å². The van der Waals surface area contributed by atoms with Crippen molar-refractivity contribution in [1.82, 2.24) is 0 Å². The fourth-order valence-corrected chi connectivity index (χ4v) is 2.33. The highest BCUT2D eigenvalue weighted by Crippen LogP contribution is 2.27. The number of carboxylic acids is 1. The molecule has 0 heterocycles. The molecule has 110 valence electrons. The summed E-state index contributed by atoms with van der Waals surface area (Å²) in [6.07, 6.45) is 0.376. The van der Waals surface area contributed by atoms with Gasteiger partial charge in [-0.05, 0) is 48.2 Å². The molecule has 2 aromatic rings. The zero-order valence-electron chi connectivity index (χ0n) is 12.0. The van der Waals surface area contributed by atoms with Crippen molar-refractivity contribution >= 4 is 5.97 Å². The van der Waals surface area contributed by atoms with E-state index in [1.54, 1.807) is 43.5 Å². The molecule has 2 N–H and O–H groups in total. The Morgan fingerprint density at radius 3 is 2.38 bits per heavy atom. The first kappa shape index (κ1) is 14.9. The van der Waals surface area contributed by atoms with Crippen LogP contribution in [0.15, 0.2) is 42.5 Å². The highest BCUT2D eigenvalue weighted by Gasteiger charge is 2.21. The largest absolute Gasteiger partial charge is 0.508 e. The fourth-order valence-electron chi connectivity index (χ4n) is 2.33. The van der Waals surface area contributed by atoms with E-state index in [4.69, 9.17) is 4.74 Å². The van der Waals surface area contributed by atoms with Crippen molar-refractivity contribution in [2.24, 2.45) is 0 Å². The lowest BCUT2D eigenvalue weighted by Gasteiger charge is -2.15. The quantitative estimate of drug-likeness (QED) is 0.886. The van der Waals surface area contributed by atoms with Gasteiger partial charge < -0.3 is 14.9 Å². The first-order valence-electron chi connectivity index (χ1n) is 6.66. The van der Waals surface area contributed by atoms with Crippen LogP contribution in [0.2, 0.25) is 0 Å². The highest BCUT2D eigenvalue weighted by atomic mass is 16.5. The smallest absolute Gasteiger partial charge is 0.311 e. The van der Waals surface area contributed by atoms with Gasteiger partial charge in [-0.1, -0.05) is 24.3 Å². The van der Waals surface area contributed by atoms with Crippen LogP contribution in [0.25, 0.3) is 0 Å². The molecule has 1 atom stereocenters. The van der Waals surface area contributed by atoms with Gasteiger partial charge in [-0.3, -0.25) is 4.79 Å². The first-order valence-corrected chi connectivity index (χ1v) is 6.66. The Labute approximate surface area is 123 Å². The minimum atomic E-state index is -0.868. The molecule has 0 saturated heterocycles. The zero-order chi connectivity index (χ0) is 15.4. The number of benzene rings is 2. The molecule has 4 heteroatoms. The number of ether oxygens (including phenoxy) is 1. The average Bonchev–Trinajstić information content (AvgIpc) is 2.46. The molecule has 2 rings (SSSR count). The van der Waals surface area contributed by atoms with E-state index in [-0.39, 0.29) is 5.75 Å². The summed E-state index contributed by atoms with van der Waals surface area (Å²) < 4.78 is 5.20. The molecule has 1 unspecified atom stereocenters. The van der Waals surface area contributed by atoms with Crippen LogP contribution in [-0.2, 0) is 11.2 Å². The Morgan fingerprint density at radius 2 is 1.86 bits per heavy atom. The second-order valence-electron chi connectivity index (χ2n) is 4.99. The van der Waals surface area contributed by atoms with E-state index >= 15 is 0 Å². The lowest BCUT2D eigenvalue weighted by molar-refractivity contribution is -0.138. The van der Waals surface area contributed by atoms with Crippen LogP contribution in [-0.4, -0.2) is 23.3 Å². The van der Waals surface area contributed by atoms with Gasteiger partial charge in [0.1, 0.15) is 11.5 Å². The number of phenolic OH excluding ortho intramolecular Hbond substituents is 1. The maximum absolute atomic E-state index is 11.6. The molecule has 0 aromatic heterocycles. The first-order chi connectivity index (χ1) is 10.0. The molecule has 0 radical (unpaired) electrons. The summed E-state index contributed by atoms with van der Waals surface area (Å²) in [6.45, 7) is 1.89. The predicted molar refractivity (Wildman–Crippen MR) is 79.9 cm³/mol. The summed E-state index contributed by atoms with van der Waals surface area (Å²) in [5, 5.41) is 18.8. The summed E-state index contributed by atoms with van der Waals surface area (Å²) in [5.74, 6) is -0.578. The maximum Gasteiger partial charge on any atom is 0.311 e. The van der Waals surface area contributed by atoms with E-state index in [1.807, 2.05) is 13.0 Å². The van der Waals surface area contributed by atoms with Gasteiger partial charge in [-0.15, -0.1) is 0 Å². The van der Waals surface area contributed by atoms with Gasteiger partial charge in [0.25, 0.3) is 0 Å². The van der Waals surface area contributed by atoms with Crippen LogP contribution in [0.1, 0.15) is 22.6 Å². The second kappa shape index (κ2) is 6.31. The predicted octanol–water partition coefficient (Wildman–Crippen LogP) is 3.12. The molecule has 0 aliphatic heterocycles. The Morgan fingerprint density at radius 1 is 1.19 bits per heavy atom. The minimum Gasteiger partial charge on any atom is -0.508 e. The van der Waals surface area contributed by atoms with Crippen molar-refractivity contribution in [3.63, 3.8) is 0 Å². The molecule has 0 fully saturated rings. The summed E-state index contributed by atoms with van der Waals surface area (Å²) >= 11 is 0. The summed E-state index contributed by atoms with van der Waals surface area (Å²) in [4.78, 5) is 11.6. The molecule has 0 bridgehead atoms. The SMILES string of the molecule is COc1ccc(C(Cc2ccc(O)cc2)C(=O)O)cc1C. The van der Waals surface area contributed by atoms with Gasteiger partial charge in [0.2, 0.25) is 0 Å². The van der Waals surface area contributed by atoms with Gasteiger partial charge in [0, 0.05) is 0 Å². The van der Waals surface area contributed by atoms with E-state index in [2.05, 4.69) is 0 Å². The van der Waals surface area contributed by atoms with E-state index in [0.717, 1.165) is 22.4 Å². The van der Waals surface area contributed by atoms with Crippen molar-refractivity contribution in [1.29, 1.82) is 0 Å². The van der Waals surface area contributed by atoms with E-state index in [1.165, 1.54) is 0 Å². The third-order valence-electron chi connectivity index (χ3n) is 3.50. The second-order valence-corrected chi connectivity index (χ2v) is 4.99. The van der Waals surface area contributed by atoms with Crippen LogP contribution in [0, 0.1) is 6.92 Å². The van der Waals surface area contributed by atoms with Crippen molar-refractivity contribution in [2.75, 3.05) is 7.11 Å². The highest BCUT2D eigenvalue weighted by molar-refractivity contribution is 5.76. The monoisotopic (exact) mass is 286 g/mol. The van der Waals surface area contributed by atoms with Crippen LogP contribution in [0.3, 0.4) is 0 Å². The van der Waals surface area contributed by atoms with Crippen molar-refractivity contribution < 1.29 is 19.7 Å². The van der Waals surface area contributed by atoms with Crippen molar-refractivity contribution in [3.05, 3.63) is 59.2 Å². The molecule has 0 aliphatic rings. The summed E-state index contributed by atoms with van der Waals surface area (Å²) in [7, 11) is 1.59.